The van der Waals surface area contributed by atoms with E-state index in [1.54, 1.807) is 6.92 Å². The second kappa shape index (κ2) is 7.03. The van der Waals surface area contributed by atoms with Crippen molar-refractivity contribution in [3.63, 3.8) is 0 Å². The molecule has 1 saturated heterocycles. The van der Waals surface area contributed by atoms with Gasteiger partial charge in [0.2, 0.25) is 11.8 Å². The molecule has 1 fully saturated rings. The van der Waals surface area contributed by atoms with E-state index in [1.807, 2.05) is 31.2 Å². The molecule has 0 aliphatic carbocycles. The van der Waals surface area contributed by atoms with Crippen molar-refractivity contribution in [1.29, 1.82) is 0 Å². The third kappa shape index (κ3) is 3.75. The summed E-state index contributed by atoms with van der Waals surface area (Å²) in [5, 5.41) is 12.2. The van der Waals surface area contributed by atoms with Gasteiger partial charge in [-0.05, 0) is 32.3 Å². The van der Waals surface area contributed by atoms with E-state index in [0.29, 0.717) is 19.4 Å². The van der Waals surface area contributed by atoms with Crippen LogP contribution in [0.15, 0.2) is 24.3 Å². The van der Waals surface area contributed by atoms with Crippen LogP contribution in [-0.2, 0) is 14.4 Å². The fourth-order valence-electron chi connectivity index (χ4n) is 3.17. The lowest BCUT2D eigenvalue weighted by molar-refractivity contribution is -0.155. The van der Waals surface area contributed by atoms with Crippen molar-refractivity contribution in [2.75, 3.05) is 6.54 Å². The Hall–Kier alpha value is -2.37. The van der Waals surface area contributed by atoms with Gasteiger partial charge in [0, 0.05) is 13.5 Å². The molecular formula is C18H24N2O4. The average molecular weight is 332 g/mol. The van der Waals surface area contributed by atoms with E-state index in [-0.39, 0.29) is 18.2 Å². The molecule has 1 aliphatic rings. The zero-order valence-corrected chi connectivity index (χ0v) is 14.3. The maximum absolute atomic E-state index is 12.7. The molecule has 130 valence electrons. The van der Waals surface area contributed by atoms with Crippen LogP contribution in [-0.4, -0.2) is 39.9 Å². The molecule has 6 heteroatoms. The van der Waals surface area contributed by atoms with Gasteiger partial charge in [0.05, 0.1) is 12.5 Å². The summed E-state index contributed by atoms with van der Waals surface area (Å²) in [7, 11) is 0. The van der Waals surface area contributed by atoms with Gasteiger partial charge in [-0.3, -0.25) is 9.59 Å². The van der Waals surface area contributed by atoms with Crippen molar-refractivity contribution in [2.45, 2.75) is 51.6 Å². The Kier molecular flexibility index (Phi) is 5.26. The Bertz CT molecular complexity index is 641. The number of carboxylic acids is 1. The molecule has 2 atom stereocenters. The Balaban J connectivity index is 2.20. The molecule has 6 nitrogen and oxygen atoms in total. The lowest BCUT2D eigenvalue weighted by Gasteiger charge is -2.32. The molecule has 0 bridgehead atoms. The number of carbonyl (C=O) groups is 3. The average Bonchev–Trinajstić information content (AvgIpc) is 2.90. The largest absolute Gasteiger partial charge is 0.480 e. The molecule has 2 N–H and O–H groups in total. The van der Waals surface area contributed by atoms with Crippen molar-refractivity contribution in [3.05, 3.63) is 35.4 Å². The van der Waals surface area contributed by atoms with Crippen LogP contribution in [0.3, 0.4) is 0 Å². The quantitative estimate of drug-likeness (QED) is 0.864. The highest BCUT2D eigenvalue weighted by Gasteiger charge is 2.46. The van der Waals surface area contributed by atoms with Gasteiger partial charge in [0.15, 0.2) is 0 Å². The number of hydrogen-bond acceptors (Lipinski definition) is 3. The predicted molar refractivity (Wildman–Crippen MR) is 89.3 cm³/mol. The van der Waals surface area contributed by atoms with E-state index in [2.05, 4.69) is 5.32 Å². The normalized spacial score (nSPS) is 21.4. The number of carbonyl (C=O) groups excluding carboxylic acids is 2. The van der Waals surface area contributed by atoms with Crippen LogP contribution < -0.4 is 5.32 Å². The molecule has 2 unspecified atom stereocenters. The van der Waals surface area contributed by atoms with E-state index in [0.717, 1.165) is 11.1 Å². The maximum Gasteiger partial charge on any atom is 0.329 e. The monoisotopic (exact) mass is 332 g/mol. The minimum absolute atomic E-state index is 0.0471. The molecule has 1 aliphatic heterocycles. The first-order valence-corrected chi connectivity index (χ1v) is 8.11. The summed E-state index contributed by atoms with van der Waals surface area (Å²) in [6, 6.07) is 7.14. The van der Waals surface area contributed by atoms with Gasteiger partial charge in [-0.15, -0.1) is 0 Å². The van der Waals surface area contributed by atoms with E-state index in [9.17, 15) is 19.5 Å². The number of benzene rings is 1. The first kappa shape index (κ1) is 18.0. The molecule has 0 spiro atoms. The molecule has 1 heterocycles. The topological polar surface area (TPSA) is 86.7 Å². The standard InChI is InChI=1S/C18H24N2O4/c1-12-5-7-14(8-6-12)15(19-13(2)21)11-16(22)20-10-4-9-18(20,3)17(23)24/h5-8,15H,4,9-11H2,1-3H3,(H,19,21)(H,23,24). The minimum Gasteiger partial charge on any atom is -0.480 e. The molecule has 24 heavy (non-hydrogen) atoms. The number of likely N-dealkylation sites (tertiary alicyclic amines) is 1. The van der Waals surface area contributed by atoms with Gasteiger partial charge < -0.3 is 15.3 Å². The Morgan fingerprint density at radius 2 is 1.92 bits per heavy atom. The summed E-state index contributed by atoms with van der Waals surface area (Å²) >= 11 is 0. The number of carboxylic acid groups (broad SMARTS) is 1. The summed E-state index contributed by atoms with van der Waals surface area (Å²) in [5.74, 6) is -1.47. The van der Waals surface area contributed by atoms with Gasteiger partial charge in [-0.25, -0.2) is 4.79 Å². The number of nitrogens with zero attached hydrogens (tertiary/aromatic N) is 1. The molecule has 0 radical (unpaired) electrons. The highest BCUT2D eigenvalue weighted by Crippen LogP contribution is 2.31. The van der Waals surface area contributed by atoms with Gasteiger partial charge in [-0.1, -0.05) is 29.8 Å². The van der Waals surface area contributed by atoms with E-state index >= 15 is 0 Å². The molecule has 0 saturated carbocycles. The SMILES string of the molecule is CC(=O)NC(CC(=O)N1CCCC1(C)C(=O)O)c1ccc(C)cc1. The van der Waals surface area contributed by atoms with E-state index in [4.69, 9.17) is 0 Å². The third-order valence-electron chi connectivity index (χ3n) is 4.64. The predicted octanol–water partition coefficient (Wildman–Crippen LogP) is 2.03. The summed E-state index contributed by atoms with van der Waals surface area (Å²) in [6.07, 6.45) is 1.17. The van der Waals surface area contributed by atoms with Gasteiger partial charge in [0.25, 0.3) is 0 Å². The zero-order valence-electron chi connectivity index (χ0n) is 14.3. The fourth-order valence-corrected chi connectivity index (χ4v) is 3.17. The second-order valence-corrected chi connectivity index (χ2v) is 6.60. The van der Waals surface area contributed by atoms with Crippen molar-refractivity contribution < 1.29 is 19.5 Å². The van der Waals surface area contributed by atoms with Crippen LogP contribution in [0, 0.1) is 6.92 Å². The van der Waals surface area contributed by atoms with Crippen molar-refractivity contribution in [3.8, 4) is 0 Å². The maximum atomic E-state index is 12.7. The van der Waals surface area contributed by atoms with Crippen LogP contribution in [0.2, 0.25) is 0 Å². The van der Waals surface area contributed by atoms with Gasteiger partial charge in [0.1, 0.15) is 5.54 Å². The number of rotatable bonds is 5. The highest BCUT2D eigenvalue weighted by molar-refractivity contribution is 5.88. The van der Waals surface area contributed by atoms with Crippen LogP contribution in [0.1, 0.15) is 50.3 Å². The number of aliphatic carboxylic acids is 1. The molecule has 1 aromatic carbocycles. The Labute approximate surface area is 141 Å². The van der Waals surface area contributed by atoms with Crippen molar-refractivity contribution in [1.82, 2.24) is 10.2 Å². The molecule has 0 aromatic heterocycles. The van der Waals surface area contributed by atoms with E-state index in [1.165, 1.54) is 11.8 Å². The van der Waals surface area contributed by atoms with Crippen molar-refractivity contribution >= 4 is 17.8 Å². The van der Waals surface area contributed by atoms with Gasteiger partial charge >= 0.3 is 5.97 Å². The van der Waals surface area contributed by atoms with Gasteiger partial charge in [-0.2, -0.15) is 0 Å². The Morgan fingerprint density at radius 3 is 2.46 bits per heavy atom. The van der Waals surface area contributed by atoms with Crippen LogP contribution >= 0.6 is 0 Å². The highest BCUT2D eigenvalue weighted by atomic mass is 16.4. The minimum atomic E-state index is -1.16. The number of amides is 2. The molecule has 2 amide bonds. The van der Waals surface area contributed by atoms with Crippen molar-refractivity contribution in [2.24, 2.45) is 0 Å². The molecule has 2 rings (SSSR count). The van der Waals surface area contributed by atoms with E-state index < -0.39 is 17.6 Å². The summed E-state index contributed by atoms with van der Waals surface area (Å²) in [6.45, 7) is 5.38. The summed E-state index contributed by atoms with van der Waals surface area (Å²) in [4.78, 5) is 37.2. The smallest absolute Gasteiger partial charge is 0.329 e. The Morgan fingerprint density at radius 1 is 1.29 bits per heavy atom. The summed E-state index contributed by atoms with van der Waals surface area (Å²) < 4.78 is 0. The third-order valence-corrected chi connectivity index (χ3v) is 4.64. The first-order valence-electron chi connectivity index (χ1n) is 8.11. The zero-order chi connectivity index (χ0) is 17.9. The molecular weight excluding hydrogens is 308 g/mol. The van der Waals surface area contributed by atoms with Crippen LogP contribution in [0.25, 0.3) is 0 Å². The molecule has 1 aromatic rings. The fraction of sp³-hybridized carbons (Fsp3) is 0.500. The second-order valence-electron chi connectivity index (χ2n) is 6.60. The lowest BCUT2D eigenvalue weighted by Crippen LogP contribution is -2.51. The number of aryl methyl sites for hydroxylation is 1. The number of nitrogens with one attached hydrogen (secondary N) is 1. The van der Waals surface area contributed by atoms with Crippen LogP contribution in [0.4, 0.5) is 0 Å². The first-order chi connectivity index (χ1) is 11.2. The lowest BCUT2D eigenvalue weighted by atomic mass is 9.97. The number of hydrogen-bond donors (Lipinski definition) is 2. The van der Waals surface area contributed by atoms with Crippen LogP contribution in [0.5, 0.6) is 0 Å². The summed E-state index contributed by atoms with van der Waals surface area (Å²) in [5.41, 5.74) is 0.760.